The van der Waals surface area contributed by atoms with Crippen LogP contribution in [0, 0.1) is 6.92 Å². The van der Waals surface area contributed by atoms with Gasteiger partial charge in [0.1, 0.15) is 5.82 Å². The van der Waals surface area contributed by atoms with Gasteiger partial charge in [-0.25, -0.2) is 4.98 Å². The largest absolute Gasteiger partial charge is 0.369 e. The van der Waals surface area contributed by atoms with Crippen LogP contribution < -0.4 is 15.5 Å². The molecule has 2 aliphatic rings. The van der Waals surface area contributed by atoms with Gasteiger partial charge in [0.15, 0.2) is 0 Å². The highest BCUT2D eigenvalue weighted by Crippen LogP contribution is 2.23. The van der Waals surface area contributed by atoms with E-state index in [1.807, 2.05) is 13.0 Å². The number of aromatic nitrogens is 2. The van der Waals surface area contributed by atoms with Gasteiger partial charge in [-0.05, 0) is 51.1 Å². The van der Waals surface area contributed by atoms with E-state index in [2.05, 4.69) is 56.7 Å². The molecule has 1 aliphatic heterocycles. The maximum absolute atomic E-state index is 4.72. The molecule has 2 heterocycles. The van der Waals surface area contributed by atoms with E-state index in [9.17, 15) is 0 Å². The SMILES string of the molecule is Cc1cc(NC2CCCCCC2)nc(Nc2ccc(N3CCN(C)CC3)cc2)n1. The Kier molecular flexibility index (Phi) is 6.49. The Bertz CT molecular complexity index is 774. The van der Waals surface area contributed by atoms with Crippen LogP contribution in [0.1, 0.15) is 44.2 Å². The summed E-state index contributed by atoms with van der Waals surface area (Å²) in [6.45, 7) is 6.43. The minimum Gasteiger partial charge on any atom is -0.369 e. The van der Waals surface area contributed by atoms with Crippen LogP contribution in [0.3, 0.4) is 0 Å². The number of nitrogens with zero attached hydrogens (tertiary/aromatic N) is 4. The molecule has 1 aliphatic carbocycles. The molecule has 1 aromatic carbocycles. The fraction of sp³-hybridized carbons (Fsp3) is 0.565. The van der Waals surface area contributed by atoms with E-state index in [0.717, 1.165) is 43.4 Å². The lowest BCUT2D eigenvalue weighted by Gasteiger charge is -2.34. The van der Waals surface area contributed by atoms with E-state index in [1.54, 1.807) is 0 Å². The van der Waals surface area contributed by atoms with Gasteiger partial charge in [-0.3, -0.25) is 0 Å². The Morgan fingerprint density at radius 2 is 1.59 bits per heavy atom. The van der Waals surface area contributed by atoms with Crippen molar-refractivity contribution in [2.24, 2.45) is 0 Å². The summed E-state index contributed by atoms with van der Waals surface area (Å²) < 4.78 is 0. The molecular weight excluding hydrogens is 360 g/mol. The van der Waals surface area contributed by atoms with Crippen LogP contribution in [0.5, 0.6) is 0 Å². The monoisotopic (exact) mass is 394 g/mol. The lowest BCUT2D eigenvalue weighted by atomic mass is 10.1. The van der Waals surface area contributed by atoms with Gasteiger partial charge < -0.3 is 20.4 Å². The molecule has 0 unspecified atom stereocenters. The normalized spacial score (nSPS) is 19.0. The highest BCUT2D eigenvalue weighted by atomic mass is 15.2. The van der Waals surface area contributed by atoms with Crippen LogP contribution in [0.2, 0.25) is 0 Å². The lowest BCUT2D eigenvalue weighted by Crippen LogP contribution is -2.44. The molecule has 6 nitrogen and oxygen atoms in total. The summed E-state index contributed by atoms with van der Waals surface area (Å²) in [5.74, 6) is 1.59. The number of nitrogens with one attached hydrogen (secondary N) is 2. The molecule has 0 radical (unpaired) electrons. The number of hydrogen-bond donors (Lipinski definition) is 2. The molecule has 4 rings (SSSR count). The van der Waals surface area contributed by atoms with Crippen molar-refractivity contribution in [2.75, 3.05) is 48.8 Å². The number of rotatable bonds is 5. The van der Waals surface area contributed by atoms with Crippen LogP contribution in [-0.2, 0) is 0 Å². The number of aryl methyl sites for hydroxylation is 1. The maximum Gasteiger partial charge on any atom is 0.229 e. The highest BCUT2D eigenvalue weighted by molar-refractivity contribution is 5.60. The van der Waals surface area contributed by atoms with Gasteiger partial charge in [0, 0.05) is 55.4 Å². The summed E-state index contributed by atoms with van der Waals surface area (Å²) in [6.07, 6.45) is 7.81. The summed E-state index contributed by atoms with van der Waals surface area (Å²) in [5, 5.41) is 7.02. The predicted molar refractivity (Wildman–Crippen MR) is 121 cm³/mol. The fourth-order valence-electron chi connectivity index (χ4n) is 4.28. The molecule has 156 valence electrons. The molecule has 2 N–H and O–H groups in total. The molecule has 1 saturated heterocycles. The minimum absolute atomic E-state index is 0.530. The number of hydrogen-bond acceptors (Lipinski definition) is 6. The lowest BCUT2D eigenvalue weighted by molar-refractivity contribution is 0.313. The first-order chi connectivity index (χ1) is 14.2. The average molecular weight is 395 g/mol. The first kappa shape index (κ1) is 20.0. The zero-order valence-corrected chi connectivity index (χ0v) is 17.8. The van der Waals surface area contributed by atoms with E-state index < -0.39 is 0 Å². The van der Waals surface area contributed by atoms with Crippen molar-refractivity contribution in [3.63, 3.8) is 0 Å². The second-order valence-corrected chi connectivity index (χ2v) is 8.51. The summed E-state index contributed by atoms with van der Waals surface area (Å²) in [4.78, 5) is 14.1. The zero-order chi connectivity index (χ0) is 20.1. The van der Waals surface area contributed by atoms with Crippen molar-refractivity contribution in [3.8, 4) is 0 Å². The topological polar surface area (TPSA) is 56.3 Å². The third-order valence-electron chi connectivity index (χ3n) is 6.05. The highest BCUT2D eigenvalue weighted by Gasteiger charge is 2.15. The number of benzene rings is 1. The van der Waals surface area contributed by atoms with Crippen LogP contribution in [-0.4, -0.2) is 54.1 Å². The van der Waals surface area contributed by atoms with Crippen molar-refractivity contribution in [1.82, 2.24) is 14.9 Å². The van der Waals surface area contributed by atoms with E-state index in [4.69, 9.17) is 4.98 Å². The number of likely N-dealkylation sites (N-methyl/N-ethyl adjacent to an activating group) is 1. The molecule has 29 heavy (non-hydrogen) atoms. The Hall–Kier alpha value is -2.34. The van der Waals surface area contributed by atoms with Gasteiger partial charge >= 0.3 is 0 Å². The summed E-state index contributed by atoms with van der Waals surface area (Å²) >= 11 is 0. The first-order valence-electron chi connectivity index (χ1n) is 11.1. The van der Waals surface area contributed by atoms with Gasteiger partial charge in [-0.2, -0.15) is 4.98 Å². The third-order valence-corrected chi connectivity index (χ3v) is 6.05. The predicted octanol–water partition coefficient (Wildman–Crippen LogP) is 4.42. The molecule has 6 heteroatoms. The average Bonchev–Trinajstić information content (AvgIpc) is 2.97. The van der Waals surface area contributed by atoms with Gasteiger partial charge in [-0.1, -0.05) is 25.7 Å². The van der Waals surface area contributed by atoms with Gasteiger partial charge in [0.25, 0.3) is 0 Å². The standard InChI is InChI=1S/C23H34N6/c1-18-17-22(25-19-7-5-3-4-6-8-19)27-23(24-18)26-20-9-11-21(12-10-20)29-15-13-28(2)14-16-29/h9-12,17,19H,3-8,13-16H2,1-2H3,(H2,24,25,26,27). The maximum atomic E-state index is 4.72. The molecule has 0 atom stereocenters. The Balaban J connectivity index is 1.40. The second-order valence-electron chi connectivity index (χ2n) is 8.51. The van der Waals surface area contributed by atoms with Crippen molar-refractivity contribution in [3.05, 3.63) is 36.0 Å². The minimum atomic E-state index is 0.530. The smallest absolute Gasteiger partial charge is 0.229 e. The van der Waals surface area contributed by atoms with Crippen LogP contribution in [0.15, 0.2) is 30.3 Å². The summed E-state index contributed by atoms with van der Waals surface area (Å²) in [7, 11) is 2.19. The van der Waals surface area contributed by atoms with E-state index in [1.165, 1.54) is 44.2 Å². The quantitative estimate of drug-likeness (QED) is 0.733. The molecule has 2 fully saturated rings. The van der Waals surface area contributed by atoms with E-state index >= 15 is 0 Å². The molecule has 1 aromatic heterocycles. The summed E-state index contributed by atoms with van der Waals surface area (Å²) in [6, 6.07) is 11.2. The third kappa shape index (κ3) is 5.60. The van der Waals surface area contributed by atoms with Crippen molar-refractivity contribution < 1.29 is 0 Å². The van der Waals surface area contributed by atoms with Gasteiger partial charge in [0.2, 0.25) is 5.95 Å². The van der Waals surface area contributed by atoms with Gasteiger partial charge in [-0.15, -0.1) is 0 Å². The van der Waals surface area contributed by atoms with Crippen molar-refractivity contribution >= 4 is 23.1 Å². The molecule has 2 aromatic rings. The number of piperazine rings is 1. The Morgan fingerprint density at radius 3 is 2.28 bits per heavy atom. The van der Waals surface area contributed by atoms with Crippen LogP contribution in [0.4, 0.5) is 23.1 Å². The zero-order valence-electron chi connectivity index (χ0n) is 17.8. The van der Waals surface area contributed by atoms with E-state index in [0.29, 0.717) is 12.0 Å². The fourth-order valence-corrected chi connectivity index (χ4v) is 4.28. The number of anilines is 4. The molecule has 0 amide bonds. The van der Waals surface area contributed by atoms with Crippen LogP contribution in [0.25, 0.3) is 0 Å². The first-order valence-corrected chi connectivity index (χ1v) is 11.1. The summed E-state index contributed by atoms with van der Waals surface area (Å²) in [5.41, 5.74) is 3.28. The Morgan fingerprint density at radius 1 is 0.897 bits per heavy atom. The molecule has 1 saturated carbocycles. The Labute approximate surface area is 174 Å². The molecule has 0 bridgehead atoms. The van der Waals surface area contributed by atoms with E-state index in [-0.39, 0.29) is 0 Å². The van der Waals surface area contributed by atoms with Gasteiger partial charge in [0.05, 0.1) is 0 Å². The second kappa shape index (κ2) is 9.44. The van der Waals surface area contributed by atoms with Crippen LogP contribution >= 0.6 is 0 Å². The van der Waals surface area contributed by atoms with Crippen molar-refractivity contribution in [1.29, 1.82) is 0 Å². The molecular formula is C23H34N6. The molecule has 0 spiro atoms. The van der Waals surface area contributed by atoms with Crippen molar-refractivity contribution in [2.45, 2.75) is 51.5 Å².